The predicted molar refractivity (Wildman–Crippen MR) is 114 cm³/mol. The molecule has 1 aliphatic carbocycles. The molecular formula is C23H38N4O2. The maximum Gasteiger partial charge on any atom is 0.222 e. The van der Waals surface area contributed by atoms with Crippen LogP contribution in [0.2, 0.25) is 0 Å². The lowest BCUT2D eigenvalue weighted by Crippen LogP contribution is -2.51. The van der Waals surface area contributed by atoms with E-state index in [4.69, 9.17) is 4.74 Å². The molecule has 2 aliphatic heterocycles. The summed E-state index contributed by atoms with van der Waals surface area (Å²) in [4.78, 5) is 17.1. The molecule has 1 N–H and O–H groups in total. The van der Waals surface area contributed by atoms with Gasteiger partial charge in [-0.2, -0.15) is 5.10 Å². The smallest absolute Gasteiger partial charge is 0.222 e. The Morgan fingerprint density at radius 3 is 2.76 bits per heavy atom. The van der Waals surface area contributed by atoms with Gasteiger partial charge in [-0.25, -0.2) is 0 Å². The summed E-state index contributed by atoms with van der Waals surface area (Å²) < 4.78 is 5.17. The van der Waals surface area contributed by atoms with Crippen LogP contribution >= 0.6 is 0 Å². The summed E-state index contributed by atoms with van der Waals surface area (Å²) in [5.41, 5.74) is 3.14. The second-order valence-corrected chi connectivity index (χ2v) is 9.58. The van der Waals surface area contributed by atoms with E-state index in [1.54, 1.807) is 7.11 Å². The maximum absolute atomic E-state index is 12.3. The number of rotatable bonds is 7. The van der Waals surface area contributed by atoms with Crippen molar-refractivity contribution in [1.29, 1.82) is 0 Å². The number of nitrogens with one attached hydrogen (secondary N) is 1. The zero-order valence-electron chi connectivity index (χ0n) is 18.1. The molecule has 162 valence electrons. The Labute approximate surface area is 175 Å². The Kier molecular flexibility index (Phi) is 6.91. The third kappa shape index (κ3) is 5.02. The van der Waals surface area contributed by atoms with Crippen LogP contribution in [0.5, 0.6) is 0 Å². The fourth-order valence-corrected chi connectivity index (χ4v) is 5.73. The number of aromatic amines is 1. The summed E-state index contributed by atoms with van der Waals surface area (Å²) in [6.07, 6.45) is 13.9. The highest BCUT2D eigenvalue weighted by Crippen LogP contribution is 2.41. The van der Waals surface area contributed by atoms with Crippen molar-refractivity contribution in [3.63, 3.8) is 0 Å². The molecule has 1 spiro atoms. The number of nitrogens with zero attached hydrogens (tertiary/aromatic N) is 3. The minimum Gasteiger partial charge on any atom is -0.385 e. The van der Waals surface area contributed by atoms with Crippen molar-refractivity contribution < 1.29 is 9.53 Å². The summed E-state index contributed by atoms with van der Waals surface area (Å²) in [5.74, 6) is 1.02. The van der Waals surface area contributed by atoms with Gasteiger partial charge in [0.1, 0.15) is 0 Å². The summed E-state index contributed by atoms with van der Waals surface area (Å²) in [5, 5.41) is 7.72. The number of methoxy groups -OCH3 is 1. The first-order valence-electron chi connectivity index (χ1n) is 11.7. The van der Waals surface area contributed by atoms with Gasteiger partial charge in [-0.05, 0) is 57.0 Å². The van der Waals surface area contributed by atoms with Gasteiger partial charge >= 0.3 is 0 Å². The molecule has 3 aliphatic rings. The molecule has 0 atom stereocenters. The van der Waals surface area contributed by atoms with Gasteiger partial charge in [-0.3, -0.25) is 14.8 Å². The Hall–Kier alpha value is -1.40. The van der Waals surface area contributed by atoms with Crippen LogP contribution in [0.25, 0.3) is 0 Å². The molecule has 0 unspecified atom stereocenters. The molecule has 4 rings (SSSR count). The van der Waals surface area contributed by atoms with E-state index in [0.29, 0.717) is 17.2 Å². The second kappa shape index (κ2) is 9.61. The second-order valence-electron chi connectivity index (χ2n) is 9.58. The van der Waals surface area contributed by atoms with Crippen molar-refractivity contribution in [3.8, 4) is 0 Å². The van der Waals surface area contributed by atoms with Crippen LogP contribution in [0.4, 0.5) is 0 Å². The number of hydrogen-bond donors (Lipinski definition) is 1. The summed E-state index contributed by atoms with van der Waals surface area (Å²) in [7, 11) is 1.73. The molecule has 29 heavy (non-hydrogen) atoms. The number of carbonyl (C=O) groups excluding carboxylic acids is 1. The van der Waals surface area contributed by atoms with E-state index in [9.17, 15) is 4.79 Å². The van der Waals surface area contributed by atoms with Gasteiger partial charge in [0.2, 0.25) is 5.91 Å². The van der Waals surface area contributed by atoms with Gasteiger partial charge in [0.25, 0.3) is 0 Å². The van der Waals surface area contributed by atoms with Crippen LogP contribution in [0.1, 0.15) is 81.4 Å². The van der Waals surface area contributed by atoms with E-state index in [1.807, 2.05) is 0 Å². The van der Waals surface area contributed by atoms with E-state index in [2.05, 4.69) is 26.2 Å². The van der Waals surface area contributed by atoms with Crippen LogP contribution in [0, 0.1) is 5.41 Å². The molecule has 3 heterocycles. The van der Waals surface area contributed by atoms with E-state index in [1.165, 1.54) is 56.2 Å². The minimum atomic E-state index is 0.333. The average molecular weight is 403 g/mol. The third-order valence-corrected chi connectivity index (χ3v) is 7.60. The number of piperidine rings is 2. The van der Waals surface area contributed by atoms with Gasteiger partial charge in [-0.1, -0.05) is 19.3 Å². The number of carbonyl (C=O) groups is 1. The lowest BCUT2D eigenvalue weighted by molar-refractivity contribution is -0.139. The first-order chi connectivity index (χ1) is 14.2. The van der Waals surface area contributed by atoms with Gasteiger partial charge in [-0.15, -0.1) is 0 Å². The Bertz CT molecular complexity index is 660. The highest BCUT2D eigenvalue weighted by Gasteiger charge is 2.40. The summed E-state index contributed by atoms with van der Waals surface area (Å²) in [6, 6.07) is 0. The zero-order chi connectivity index (χ0) is 20.1. The van der Waals surface area contributed by atoms with Crippen molar-refractivity contribution in [1.82, 2.24) is 20.0 Å². The number of likely N-dealkylation sites (tertiary alicyclic amines) is 2. The molecule has 0 bridgehead atoms. The Morgan fingerprint density at radius 2 is 2.00 bits per heavy atom. The molecule has 6 heteroatoms. The standard InChI is InChI=1S/C23H38N4O2/c1-29-15-5-12-27-18-23(9-8-21(27)28)10-13-26(14-11-23)17-20-16-24-25-22(20)19-6-3-2-4-7-19/h16,19H,2-15,17-18H2,1H3,(H,24,25). The highest BCUT2D eigenvalue weighted by atomic mass is 16.5. The molecule has 3 fully saturated rings. The number of aromatic nitrogens is 2. The van der Waals surface area contributed by atoms with Crippen LogP contribution in [-0.2, 0) is 16.1 Å². The van der Waals surface area contributed by atoms with E-state index in [-0.39, 0.29) is 0 Å². The largest absolute Gasteiger partial charge is 0.385 e. The molecule has 1 aromatic heterocycles. The molecule has 0 aromatic carbocycles. The van der Waals surface area contributed by atoms with Gasteiger partial charge < -0.3 is 9.64 Å². The highest BCUT2D eigenvalue weighted by molar-refractivity contribution is 5.77. The van der Waals surface area contributed by atoms with Gasteiger partial charge in [0.05, 0.1) is 6.20 Å². The molecule has 1 amide bonds. The quantitative estimate of drug-likeness (QED) is 0.707. The Balaban J connectivity index is 1.30. The number of ether oxygens (including phenoxy) is 1. The van der Waals surface area contributed by atoms with E-state index in [0.717, 1.165) is 58.6 Å². The Morgan fingerprint density at radius 1 is 1.21 bits per heavy atom. The van der Waals surface area contributed by atoms with Crippen molar-refractivity contribution in [2.24, 2.45) is 5.41 Å². The molecule has 1 aromatic rings. The summed E-state index contributed by atoms with van der Waals surface area (Å²) in [6.45, 7) is 5.82. The molecular weight excluding hydrogens is 364 g/mol. The van der Waals surface area contributed by atoms with Crippen molar-refractivity contribution >= 4 is 5.91 Å². The SMILES string of the molecule is COCCCN1CC2(CCC1=O)CCN(Cc1cn[nH]c1C1CCCCC1)CC2. The van der Waals surface area contributed by atoms with Crippen LogP contribution in [0.15, 0.2) is 6.20 Å². The third-order valence-electron chi connectivity index (χ3n) is 7.60. The molecule has 1 saturated carbocycles. The topological polar surface area (TPSA) is 61.5 Å². The first-order valence-corrected chi connectivity index (χ1v) is 11.7. The number of hydrogen-bond acceptors (Lipinski definition) is 4. The van der Waals surface area contributed by atoms with E-state index >= 15 is 0 Å². The van der Waals surface area contributed by atoms with Crippen LogP contribution in [-0.4, -0.2) is 65.8 Å². The first kappa shape index (κ1) is 20.9. The maximum atomic E-state index is 12.3. The summed E-state index contributed by atoms with van der Waals surface area (Å²) >= 11 is 0. The molecule has 6 nitrogen and oxygen atoms in total. The van der Waals surface area contributed by atoms with Crippen molar-refractivity contribution in [2.75, 3.05) is 39.9 Å². The molecule has 0 radical (unpaired) electrons. The normalized spacial score (nSPS) is 23.8. The van der Waals surface area contributed by atoms with Crippen molar-refractivity contribution in [3.05, 3.63) is 17.5 Å². The minimum absolute atomic E-state index is 0.333. The van der Waals surface area contributed by atoms with Gasteiger partial charge in [0, 0.05) is 56.9 Å². The van der Waals surface area contributed by atoms with E-state index < -0.39 is 0 Å². The number of amides is 1. The molecule has 2 saturated heterocycles. The van der Waals surface area contributed by atoms with Crippen LogP contribution < -0.4 is 0 Å². The zero-order valence-corrected chi connectivity index (χ0v) is 18.1. The van der Waals surface area contributed by atoms with Crippen molar-refractivity contribution in [2.45, 2.75) is 76.7 Å². The number of H-pyrrole nitrogens is 1. The average Bonchev–Trinajstić information content (AvgIpc) is 3.21. The monoisotopic (exact) mass is 402 g/mol. The fraction of sp³-hybridized carbons (Fsp3) is 0.826. The fourth-order valence-electron chi connectivity index (χ4n) is 5.73. The lowest BCUT2D eigenvalue weighted by atomic mass is 9.72. The lowest BCUT2D eigenvalue weighted by Gasteiger charge is -2.47. The van der Waals surface area contributed by atoms with Crippen LogP contribution in [0.3, 0.4) is 0 Å². The van der Waals surface area contributed by atoms with Gasteiger partial charge in [0.15, 0.2) is 0 Å². The predicted octanol–water partition coefficient (Wildman–Crippen LogP) is 3.70.